The molecule has 4 rings (SSSR count). The van der Waals surface area contributed by atoms with Gasteiger partial charge in [-0.2, -0.15) is 5.26 Å². The Balaban J connectivity index is 1.60. The van der Waals surface area contributed by atoms with E-state index in [1.165, 1.54) is 35.6 Å². The maximum atomic E-state index is 9.53. The molecule has 0 saturated heterocycles. The van der Waals surface area contributed by atoms with Gasteiger partial charge in [0.1, 0.15) is 11.1 Å². The Morgan fingerprint density at radius 3 is 2.79 bits per heavy atom. The summed E-state index contributed by atoms with van der Waals surface area (Å²) < 4.78 is 0. The van der Waals surface area contributed by atoms with Crippen molar-refractivity contribution in [1.29, 1.82) is 5.26 Å². The van der Waals surface area contributed by atoms with Crippen LogP contribution in [0, 0.1) is 11.3 Å². The fraction of sp³-hybridized carbons (Fsp3) is 0.211. The first-order valence-electron chi connectivity index (χ1n) is 7.92. The number of hydrogen-bond donors (Lipinski definition) is 0. The molecule has 2 aromatic heterocycles. The van der Waals surface area contributed by atoms with Gasteiger partial charge in [0.15, 0.2) is 0 Å². The summed E-state index contributed by atoms with van der Waals surface area (Å²) in [6.07, 6.45) is 7.58. The van der Waals surface area contributed by atoms with Crippen LogP contribution in [0.25, 0.3) is 22.9 Å². The summed E-state index contributed by atoms with van der Waals surface area (Å²) in [5.74, 6) is 0.632. The Bertz CT molecular complexity index is 911. The van der Waals surface area contributed by atoms with Gasteiger partial charge in [0, 0.05) is 27.9 Å². The Morgan fingerprint density at radius 1 is 1.25 bits per heavy atom. The predicted octanol–water partition coefficient (Wildman–Crippen LogP) is 5.60. The summed E-state index contributed by atoms with van der Waals surface area (Å²) in [6, 6.07) is 12.3. The van der Waals surface area contributed by atoms with Gasteiger partial charge in [-0.15, -0.1) is 22.7 Å². The molecule has 0 bridgehead atoms. The quantitative estimate of drug-likeness (QED) is 0.576. The van der Waals surface area contributed by atoms with E-state index in [1.807, 2.05) is 48.0 Å². The van der Waals surface area contributed by atoms with E-state index in [4.69, 9.17) is 0 Å². The van der Waals surface area contributed by atoms with Crippen molar-refractivity contribution in [1.82, 2.24) is 9.97 Å². The van der Waals surface area contributed by atoms with Gasteiger partial charge in [0.25, 0.3) is 0 Å². The topological polar surface area (TPSA) is 49.6 Å². The van der Waals surface area contributed by atoms with Crippen molar-refractivity contribution < 1.29 is 0 Å². The lowest BCUT2D eigenvalue weighted by molar-refractivity contribution is 0.418. The highest BCUT2D eigenvalue weighted by molar-refractivity contribution is 7.13. The first-order chi connectivity index (χ1) is 11.8. The maximum absolute atomic E-state index is 9.53. The molecule has 3 nitrogen and oxygen atoms in total. The number of rotatable bonds is 4. The zero-order chi connectivity index (χ0) is 16.4. The highest BCUT2D eigenvalue weighted by atomic mass is 32.1. The van der Waals surface area contributed by atoms with Crippen LogP contribution >= 0.6 is 22.7 Å². The SMILES string of the molecule is N#CC(=Cc1cnc(C2CCC2)s1)c1nc(-c2ccccc2)cs1. The average Bonchev–Trinajstić information content (AvgIpc) is 3.21. The van der Waals surface area contributed by atoms with Crippen molar-refractivity contribution in [2.45, 2.75) is 25.2 Å². The van der Waals surface area contributed by atoms with Crippen molar-refractivity contribution in [2.75, 3.05) is 0 Å². The number of nitriles is 1. The van der Waals surface area contributed by atoms with Crippen molar-refractivity contribution >= 4 is 34.3 Å². The summed E-state index contributed by atoms with van der Waals surface area (Å²) in [7, 11) is 0. The number of thiazole rings is 2. The van der Waals surface area contributed by atoms with Gasteiger partial charge < -0.3 is 0 Å². The number of benzene rings is 1. The minimum Gasteiger partial charge on any atom is -0.249 e. The van der Waals surface area contributed by atoms with Crippen molar-refractivity contribution in [3.8, 4) is 17.3 Å². The molecule has 0 unspecified atom stereocenters. The molecule has 1 fully saturated rings. The molecule has 0 spiro atoms. The van der Waals surface area contributed by atoms with E-state index in [0.717, 1.165) is 21.1 Å². The van der Waals surface area contributed by atoms with E-state index >= 15 is 0 Å². The third-order valence-electron chi connectivity index (χ3n) is 4.21. The largest absolute Gasteiger partial charge is 0.249 e. The molecule has 24 heavy (non-hydrogen) atoms. The first-order valence-corrected chi connectivity index (χ1v) is 9.62. The van der Waals surface area contributed by atoms with Gasteiger partial charge in [-0.05, 0) is 18.9 Å². The molecular weight excluding hydrogens is 334 g/mol. The molecule has 0 radical (unpaired) electrons. The van der Waals surface area contributed by atoms with Gasteiger partial charge >= 0.3 is 0 Å². The Hall–Kier alpha value is -2.29. The van der Waals surface area contributed by atoms with Gasteiger partial charge in [0.05, 0.1) is 16.3 Å². The second-order valence-electron chi connectivity index (χ2n) is 5.80. The van der Waals surface area contributed by atoms with Crippen LogP contribution in [0.15, 0.2) is 41.9 Å². The second-order valence-corrected chi connectivity index (χ2v) is 7.75. The predicted molar refractivity (Wildman–Crippen MR) is 99.7 cm³/mol. The molecule has 3 aromatic rings. The molecule has 0 atom stereocenters. The van der Waals surface area contributed by atoms with E-state index in [1.54, 1.807) is 11.3 Å². The molecule has 0 N–H and O–H groups in total. The van der Waals surface area contributed by atoms with Crippen LogP contribution in [0.5, 0.6) is 0 Å². The average molecular weight is 349 g/mol. The number of allylic oxidation sites excluding steroid dienone is 1. The van der Waals surface area contributed by atoms with Gasteiger partial charge in [-0.25, -0.2) is 9.97 Å². The molecule has 0 aliphatic heterocycles. The van der Waals surface area contributed by atoms with Crippen LogP contribution in [0.2, 0.25) is 0 Å². The molecule has 1 saturated carbocycles. The van der Waals surface area contributed by atoms with E-state index in [0.29, 0.717) is 11.5 Å². The molecule has 118 valence electrons. The number of hydrogen-bond acceptors (Lipinski definition) is 5. The zero-order valence-electron chi connectivity index (χ0n) is 13.0. The molecule has 1 aliphatic carbocycles. The van der Waals surface area contributed by atoms with Crippen molar-refractivity contribution in [3.63, 3.8) is 0 Å². The summed E-state index contributed by atoms with van der Waals surface area (Å²) in [4.78, 5) is 10.2. The van der Waals surface area contributed by atoms with E-state index in [2.05, 4.69) is 16.0 Å². The number of aromatic nitrogens is 2. The van der Waals surface area contributed by atoms with Crippen molar-refractivity contribution in [2.24, 2.45) is 0 Å². The third-order valence-corrected chi connectivity index (χ3v) is 6.19. The van der Waals surface area contributed by atoms with Crippen molar-refractivity contribution in [3.05, 3.63) is 56.8 Å². The minimum absolute atomic E-state index is 0.603. The van der Waals surface area contributed by atoms with Gasteiger partial charge in [-0.3, -0.25) is 0 Å². The molecule has 1 aromatic carbocycles. The van der Waals surface area contributed by atoms with E-state index < -0.39 is 0 Å². The van der Waals surface area contributed by atoms with Gasteiger partial charge in [0.2, 0.25) is 0 Å². The van der Waals surface area contributed by atoms with E-state index in [-0.39, 0.29) is 0 Å². The smallest absolute Gasteiger partial charge is 0.134 e. The van der Waals surface area contributed by atoms with E-state index in [9.17, 15) is 5.26 Å². The highest BCUT2D eigenvalue weighted by Gasteiger charge is 2.22. The lowest BCUT2D eigenvalue weighted by Crippen LogP contribution is -2.07. The second kappa shape index (κ2) is 6.68. The summed E-state index contributed by atoms with van der Waals surface area (Å²) in [5, 5.41) is 13.5. The molecule has 0 amide bonds. The first kappa shape index (κ1) is 15.3. The van der Waals surface area contributed by atoms with Crippen LogP contribution in [-0.4, -0.2) is 9.97 Å². The van der Waals surface area contributed by atoms with Crippen LogP contribution in [0.3, 0.4) is 0 Å². The maximum Gasteiger partial charge on any atom is 0.134 e. The summed E-state index contributed by atoms with van der Waals surface area (Å²) in [5.41, 5.74) is 2.59. The summed E-state index contributed by atoms with van der Waals surface area (Å²) in [6.45, 7) is 0. The summed E-state index contributed by atoms with van der Waals surface area (Å²) >= 11 is 3.20. The van der Waals surface area contributed by atoms with Crippen LogP contribution < -0.4 is 0 Å². The van der Waals surface area contributed by atoms with Gasteiger partial charge in [-0.1, -0.05) is 36.8 Å². The molecular formula is C19H15N3S2. The molecule has 2 heterocycles. The molecule has 1 aliphatic rings. The Morgan fingerprint density at radius 2 is 2.08 bits per heavy atom. The fourth-order valence-electron chi connectivity index (χ4n) is 2.63. The van der Waals surface area contributed by atoms with Crippen LogP contribution in [-0.2, 0) is 0 Å². The minimum atomic E-state index is 0.603. The zero-order valence-corrected chi connectivity index (χ0v) is 14.6. The normalized spacial score (nSPS) is 15.0. The number of nitrogens with zero attached hydrogens (tertiary/aromatic N) is 3. The third kappa shape index (κ3) is 3.03. The lowest BCUT2D eigenvalue weighted by atomic mass is 9.86. The monoisotopic (exact) mass is 349 g/mol. The van der Waals surface area contributed by atoms with Crippen LogP contribution in [0.1, 0.15) is 40.1 Å². The Labute approximate surface area is 149 Å². The van der Waals surface area contributed by atoms with Crippen LogP contribution in [0.4, 0.5) is 0 Å². The Kier molecular flexibility index (Phi) is 4.24. The standard InChI is InChI=1S/C19H15N3S2/c20-10-15(9-16-11-21-18(24-16)14-7-4-8-14)19-22-17(12-23-19)13-5-2-1-3-6-13/h1-3,5-6,9,11-12,14H,4,7-8H2. The fourth-order valence-corrected chi connectivity index (χ4v) is 4.46. The highest BCUT2D eigenvalue weighted by Crippen LogP contribution is 2.38. The lowest BCUT2D eigenvalue weighted by Gasteiger charge is -2.22. The molecule has 5 heteroatoms.